The maximum atomic E-state index is 14.0. The standard InChI is InChI=1S/C30H28ClN3O5/c1-37-24-12-18(13-25(38-2)29(24)39-3)28-27-21(20-6-4-5-7-22(20)32-27)14-23-30(36)33(16-26(35)34(23)28)15-17-8-10-19(31)11-9-17/h4-13,23,28,32H,14-16H2,1-3H3/t23-,28-/m0/s1. The first-order valence-electron chi connectivity index (χ1n) is 12.7. The molecule has 2 aliphatic rings. The first kappa shape index (κ1) is 25.1. The van der Waals surface area contributed by atoms with E-state index in [1.54, 1.807) is 43.3 Å². The Balaban J connectivity index is 1.48. The fourth-order valence-corrected chi connectivity index (χ4v) is 6.00. The molecule has 4 aromatic rings. The van der Waals surface area contributed by atoms with Crippen LogP contribution in [0.4, 0.5) is 0 Å². The smallest absolute Gasteiger partial charge is 0.246 e. The number of benzene rings is 3. The lowest BCUT2D eigenvalue weighted by molar-refractivity contribution is -0.159. The number of amides is 2. The molecular formula is C30H28ClN3O5. The Labute approximate surface area is 231 Å². The number of ether oxygens (including phenoxy) is 3. The van der Waals surface area contributed by atoms with Gasteiger partial charge in [-0.05, 0) is 47.0 Å². The van der Waals surface area contributed by atoms with E-state index in [9.17, 15) is 9.59 Å². The van der Waals surface area contributed by atoms with Gasteiger partial charge < -0.3 is 29.0 Å². The van der Waals surface area contributed by atoms with Crippen molar-refractivity contribution in [1.29, 1.82) is 0 Å². The summed E-state index contributed by atoms with van der Waals surface area (Å²) in [6.45, 7) is 0.316. The minimum absolute atomic E-state index is 0.0194. The molecule has 3 heterocycles. The lowest BCUT2D eigenvalue weighted by Gasteiger charge is -2.47. The normalized spacial score (nSPS) is 18.7. The number of carbonyl (C=O) groups excluding carboxylic acids is 2. The first-order valence-corrected chi connectivity index (χ1v) is 13.0. The molecule has 1 saturated heterocycles. The summed E-state index contributed by atoms with van der Waals surface area (Å²) in [7, 11) is 4.67. The number of H-pyrrole nitrogens is 1. The highest BCUT2D eigenvalue weighted by Crippen LogP contribution is 2.47. The van der Waals surface area contributed by atoms with Crippen LogP contribution in [0.25, 0.3) is 10.9 Å². The molecule has 9 heteroatoms. The molecule has 0 aliphatic carbocycles. The van der Waals surface area contributed by atoms with Gasteiger partial charge in [-0.15, -0.1) is 0 Å². The van der Waals surface area contributed by atoms with Crippen molar-refractivity contribution in [3.8, 4) is 17.2 Å². The molecule has 8 nitrogen and oxygen atoms in total. The van der Waals surface area contributed by atoms with Gasteiger partial charge >= 0.3 is 0 Å². The molecule has 3 aromatic carbocycles. The van der Waals surface area contributed by atoms with Gasteiger partial charge in [0.25, 0.3) is 0 Å². The number of nitrogens with one attached hydrogen (secondary N) is 1. The summed E-state index contributed by atoms with van der Waals surface area (Å²) in [6, 6.07) is 17.8. The van der Waals surface area contributed by atoms with Gasteiger partial charge in [0.1, 0.15) is 12.6 Å². The second-order valence-electron chi connectivity index (χ2n) is 9.77. The fourth-order valence-electron chi connectivity index (χ4n) is 5.87. The third-order valence-corrected chi connectivity index (χ3v) is 7.88. The molecular weight excluding hydrogens is 518 g/mol. The molecule has 0 saturated carbocycles. The SMILES string of the molecule is COc1cc([C@H]2c3[nH]c4ccccc4c3C[C@H]3C(=O)N(Cc4ccc(Cl)cc4)CC(=O)N23)cc(OC)c1OC. The van der Waals surface area contributed by atoms with Crippen molar-refractivity contribution in [1.82, 2.24) is 14.8 Å². The zero-order chi connectivity index (χ0) is 27.3. The number of methoxy groups -OCH3 is 3. The van der Waals surface area contributed by atoms with Crippen LogP contribution in [0.5, 0.6) is 17.2 Å². The monoisotopic (exact) mass is 545 g/mol. The highest BCUT2D eigenvalue weighted by molar-refractivity contribution is 6.30. The van der Waals surface area contributed by atoms with E-state index in [1.807, 2.05) is 48.5 Å². The van der Waals surface area contributed by atoms with Crippen LogP contribution >= 0.6 is 11.6 Å². The van der Waals surface area contributed by atoms with Crippen LogP contribution < -0.4 is 14.2 Å². The summed E-state index contributed by atoms with van der Waals surface area (Å²) in [5.74, 6) is 1.20. The number of para-hydroxylation sites is 1. The van der Waals surface area contributed by atoms with Gasteiger partial charge in [-0.25, -0.2) is 0 Å². The number of aromatic amines is 1. The van der Waals surface area contributed by atoms with Gasteiger partial charge in [-0.1, -0.05) is 41.9 Å². The number of halogens is 1. The van der Waals surface area contributed by atoms with Crippen LogP contribution in [0.1, 0.15) is 28.4 Å². The van der Waals surface area contributed by atoms with E-state index in [0.717, 1.165) is 33.3 Å². The molecule has 1 aromatic heterocycles. The number of carbonyl (C=O) groups is 2. The average Bonchev–Trinajstić information content (AvgIpc) is 3.33. The van der Waals surface area contributed by atoms with Gasteiger partial charge in [0.2, 0.25) is 17.6 Å². The van der Waals surface area contributed by atoms with Gasteiger partial charge in [0.05, 0.1) is 27.4 Å². The van der Waals surface area contributed by atoms with Crippen molar-refractivity contribution in [2.45, 2.75) is 25.0 Å². The van der Waals surface area contributed by atoms with Crippen LogP contribution in [-0.2, 0) is 22.6 Å². The van der Waals surface area contributed by atoms with Gasteiger partial charge in [-0.2, -0.15) is 0 Å². The molecule has 0 radical (unpaired) electrons. The quantitative estimate of drug-likeness (QED) is 0.379. The highest BCUT2D eigenvalue weighted by atomic mass is 35.5. The van der Waals surface area contributed by atoms with E-state index >= 15 is 0 Å². The fraction of sp³-hybridized carbons (Fsp3) is 0.267. The maximum Gasteiger partial charge on any atom is 0.246 e. The zero-order valence-electron chi connectivity index (χ0n) is 21.9. The summed E-state index contributed by atoms with van der Waals surface area (Å²) in [5.41, 5.74) is 4.54. The molecule has 1 fully saturated rings. The van der Waals surface area contributed by atoms with Crippen molar-refractivity contribution in [3.63, 3.8) is 0 Å². The van der Waals surface area contributed by atoms with Crippen LogP contribution in [0.3, 0.4) is 0 Å². The number of fused-ring (bicyclic) bond motifs is 4. The summed E-state index contributed by atoms with van der Waals surface area (Å²) < 4.78 is 16.8. The molecule has 0 spiro atoms. The van der Waals surface area contributed by atoms with E-state index in [-0.39, 0.29) is 18.4 Å². The number of hydrogen-bond acceptors (Lipinski definition) is 5. The molecule has 39 heavy (non-hydrogen) atoms. The molecule has 0 unspecified atom stereocenters. The topological polar surface area (TPSA) is 84.1 Å². The van der Waals surface area contributed by atoms with E-state index in [4.69, 9.17) is 25.8 Å². The van der Waals surface area contributed by atoms with Crippen LogP contribution in [0, 0.1) is 0 Å². The van der Waals surface area contributed by atoms with Gasteiger partial charge in [0.15, 0.2) is 11.5 Å². The Hall–Kier alpha value is -4.17. The highest BCUT2D eigenvalue weighted by Gasteiger charge is 2.48. The largest absolute Gasteiger partial charge is 0.493 e. The molecule has 1 N–H and O–H groups in total. The lowest BCUT2D eigenvalue weighted by atomic mass is 9.86. The number of rotatable bonds is 6. The Morgan fingerprint density at radius 3 is 2.31 bits per heavy atom. The van der Waals surface area contributed by atoms with Gasteiger partial charge in [-0.3, -0.25) is 9.59 Å². The minimum Gasteiger partial charge on any atom is -0.493 e. The Kier molecular flexibility index (Phi) is 6.35. The molecule has 200 valence electrons. The molecule has 2 atom stereocenters. The van der Waals surface area contributed by atoms with Crippen LogP contribution in [-0.4, -0.2) is 60.5 Å². The van der Waals surface area contributed by atoms with Crippen LogP contribution in [0.15, 0.2) is 60.7 Å². The third kappa shape index (κ3) is 4.15. The first-order chi connectivity index (χ1) is 18.9. The predicted octanol–water partition coefficient (Wildman–Crippen LogP) is 4.73. The number of aromatic nitrogens is 1. The van der Waals surface area contributed by atoms with Gasteiger partial charge in [0, 0.05) is 34.6 Å². The number of nitrogens with zero attached hydrogens (tertiary/aromatic N) is 2. The summed E-state index contributed by atoms with van der Waals surface area (Å²) in [5, 5.41) is 1.66. The van der Waals surface area contributed by atoms with Crippen molar-refractivity contribution in [2.75, 3.05) is 27.9 Å². The van der Waals surface area contributed by atoms with E-state index in [2.05, 4.69) is 4.98 Å². The van der Waals surface area contributed by atoms with Crippen LogP contribution in [0.2, 0.25) is 5.02 Å². The second-order valence-corrected chi connectivity index (χ2v) is 10.2. The molecule has 0 bridgehead atoms. The lowest BCUT2D eigenvalue weighted by Crippen LogP contribution is -2.62. The molecule has 2 amide bonds. The third-order valence-electron chi connectivity index (χ3n) is 7.63. The average molecular weight is 546 g/mol. The second kappa shape index (κ2) is 9.85. The summed E-state index contributed by atoms with van der Waals surface area (Å²) in [4.78, 5) is 34.8. The summed E-state index contributed by atoms with van der Waals surface area (Å²) in [6.07, 6.45) is 0.419. The van der Waals surface area contributed by atoms with E-state index in [0.29, 0.717) is 35.2 Å². The van der Waals surface area contributed by atoms with Crippen molar-refractivity contribution in [3.05, 3.63) is 88.1 Å². The maximum absolute atomic E-state index is 14.0. The van der Waals surface area contributed by atoms with Crippen molar-refractivity contribution >= 4 is 34.3 Å². The van der Waals surface area contributed by atoms with E-state index in [1.165, 1.54) is 0 Å². The minimum atomic E-state index is -0.658. The Morgan fingerprint density at radius 2 is 1.64 bits per heavy atom. The Morgan fingerprint density at radius 1 is 0.949 bits per heavy atom. The Bertz CT molecular complexity index is 1560. The van der Waals surface area contributed by atoms with E-state index < -0.39 is 12.1 Å². The molecule has 6 rings (SSSR count). The molecule has 2 aliphatic heterocycles. The number of piperazine rings is 1. The number of hydrogen-bond donors (Lipinski definition) is 1. The zero-order valence-corrected chi connectivity index (χ0v) is 22.6. The van der Waals surface area contributed by atoms with Crippen molar-refractivity contribution < 1.29 is 23.8 Å². The van der Waals surface area contributed by atoms with Crippen molar-refractivity contribution in [2.24, 2.45) is 0 Å². The summed E-state index contributed by atoms with van der Waals surface area (Å²) >= 11 is 6.05. The predicted molar refractivity (Wildman–Crippen MR) is 147 cm³/mol.